The summed E-state index contributed by atoms with van der Waals surface area (Å²) in [6.07, 6.45) is 6.53. The summed E-state index contributed by atoms with van der Waals surface area (Å²) in [5, 5.41) is 5.53. The van der Waals surface area contributed by atoms with E-state index in [-0.39, 0.29) is 11.3 Å². The lowest BCUT2D eigenvalue weighted by Gasteiger charge is -2.40. The van der Waals surface area contributed by atoms with Crippen LogP contribution in [-0.4, -0.2) is 48.6 Å². The minimum atomic E-state index is -0.185. The van der Waals surface area contributed by atoms with E-state index >= 15 is 0 Å². The predicted molar refractivity (Wildman–Crippen MR) is 97.8 cm³/mol. The number of nitrogens with zero attached hydrogens (tertiary/aromatic N) is 6. The molecule has 7 nitrogen and oxygen atoms in total. The Morgan fingerprint density at radius 2 is 2.00 bits per heavy atom. The van der Waals surface area contributed by atoms with Crippen molar-refractivity contribution in [1.29, 1.82) is 0 Å². The maximum atomic E-state index is 12.8. The third kappa shape index (κ3) is 2.73. The second-order valence-corrected chi connectivity index (χ2v) is 7.29. The van der Waals surface area contributed by atoms with Crippen LogP contribution in [0.4, 0.5) is 0 Å². The molecule has 1 aliphatic rings. The van der Waals surface area contributed by atoms with Crippen molar-refractivity contribution in [2.75, 3.05) is 13.1 Å². The second kappa shape index (κ2) is 6.16. The fourth-order valence-electron chi connectivity index (χ4n) is 3.85. The monoisotopic (exact) mass is 350 g/mol. The standard InChI is InChI=1S/C19H22N6O/c1-13-15-5-6-16(22-17(15)24(3)23-13)19(2)7-4-8-25(11-19)18(26)14-9-20-12-21-10-14/h5-6,9-10,12H,4,7-8,11H2,1-3H3/t19-/m1/s1. The lowest BCUT2D eigenvalue weighted by atomic mass is 9.78. The molecule has 1 aliphatic heterocycles. The number of pyridine rings is 1. The van der Waals surface area contributed by atoms with Gasteiger partial charge >= 0.3 is 0 Å². The molecule has 0 bridgehead atoms. The van der Waals surface area contributed by atoms with E-state index in [2.05, 4.69) is 34.1 Å². The highest BCUT2D eigenvalue weighted by atomic mass is 16.2. The van der Waals surface area contributed by atoms with Gasteiger partial charge in [-0.3, -0.25) is 9.48 Å². The first-order chi connectivity index (χ1) is 12.5. The van der Waals surface area contributed by atoms with Crippen molar-refractivity contribution in [3.8, 4) is 0 Å². The van der Waals surface area contributed by atoms with Crippen molar-refractivity contribution in [1.82, 2.24) is 29.6 Å². The Labute approximate surface area is 152 Å². The molecule has 0 N–H and O–H groups in total. The minimum Gasteiger partial charge on any atom is -0.338 e. The molecule has 3 aromatic heterocycles. The average Bonchev–Trinajstić information content (AvgIpc) is 2.95. The number of hydrogen-bond acceptors (Lipinski definition) is 5. The first-order valence-corrected chi connectivity index (χ1v) is 8.83. The molecule has 0 saturated carbocycles. The number of aromatic nitrogens is 5. The predicted octanol–water partition coefficient (Wildman–Crippen LogP) is 2.26. The summed E-state index contributed by atoms with van der Waals surface area (Å²) in [5.74, 6) is -0.0195. The van der Waals surface area contributed by atoms with Crippen LogP contribution in [0.5, 0.6) is 0 Å². The molecule has 0 aliphatic carbocycles. The molecule has 4 heterocycles. The Morgan fingerprint density at radius 3 is 2.77 bits per heavy atom. The van der Waals surface area contributed by atoms with Crippen LogP contribution in [0.15, 0.2) is 30.9 Å². The Kier molecular flexibility index (Phi) is 3.94. The fourth-order valence-corrected chi connectivity index (χ4v) is 3.85. The number of likely N-dealkylation sites (tertiary alicyclic amines) is 1. The largest absolute Gasteiger partial charge is 0.338 e. The van der Waals surface area contributed by atoms with Gasteiger partial charge in [-0.1, -0.05) is 6.92 Å². The van der Waals surface area contributed by atoms with Crippen LogP contribution in [0, 0.1) is 6.92 Å². The van der Waals surface area contributed by atoms with Crippen LogP contribution in [0.3, 0.4) is 0 Å². The number of carbonyl (C=O) groups is 1. The fraction of sp³-hybridized carbons (Fsp3) is 0.421. The van der Waals surface area contributed by atoms with E-state index in [1.165, 1.54) is 6.33 Å². The molecule has 4 rings (SSSR count). The van der Waals surface area contributed by atoms with Crippen molar-refractivity contribution in [3.63, 3.8) is 0 Å². The Morgan fingerprint density at radius 1 is 1.23 bits per heavy atom. The van der Waals surface area contributed by atoms with Crippen molar-refractivity contribution in [2.45, 2.75) is 32.1 Å². The zero-order valence-corrected chi connectivity index (χ0v) is 15.3. The van der Waals surface area contributed by atoms with Gasteiger partial charge in [-0.15, -0.1) is 0 Å². The van der Waals surface area contributed by atoms with Gasteiger partial charge in [0.25, 0.3) is 5.91 Å². The van der Waals surface area contributed by atoms with Crippen LogP contribution in [-0.2, 0) is 12.5 Å². The van der Waals surface area contributed by atoms with Gasteiger partial charge in [-0.05, 0) is 31.9 Å². The first kappa shape index (κ1) is 16.6. The van der Waals surface area contributed by atoms with Crippen molar-refractivity contribution in [2.24, 2.45) is 7.05 Å². The van der Waals surface area contributed by atoms with Gasteiger partial charge in [0.05, 0.1) is 17.0 Å². The zero-order chi connectivity index (χ0) is 18.3. The molecule has 3 aromatic rings. The Hall–Kier alpha value is -2.83. The number of piperidine rings is 1. The maximum Gasteiger partial charge on any atom is 0.257 e. The molecule has 0 aromatic carbocycles. The van der Waals surface area contributed by atoms with Crippen LogP contribution in [0.1, 0.15) is 41.5 Å². The lowest BCUT2D eigenvalue weighted by Crippen LogP contribution is -2.47. The molecular weight excluding hydrogens is 328 g/mol. The molecule has 134 valence electrons. The summed E-state index contributed by atoms with van der Waals surface area (Å²) in [6, 6.07) is 4.17. The van der Waals surface area contributed by atoms with Gasteiger partial charge in [0, 0.05) is 43.3 Å². The van der Waals surface area contributed by atoms with Gasteiger partial charge < -0.3 is 4.90 Å². The van der Waals surface area contributed by atoms with Crippen molar-refractivity contribution < 1.29 is 4.79 Å². The molecular formula is C19H22N6O. The maximum absolute atomic E-state index is 12.8. The highest BCUT2D eigenvalue weighted by molar-refractivity contribution is 5.93. The minimum absolute atomic E-state index is 0.0195. The van der Waals surface area contributed by atoms with Gasteiger partial charge in [-0.2, -0.15) is 5.10 Å². The van der Waals surface area contributed by atoms with Gasteiger partial charge in [0.1, 0.15) is 6.33 Å². The zero-order valence-electron chi connectivity index (χ0n) is 15.3. The molecule has 26 heavy (non-hydrogen) atoms. The van der Waals surface area contributed by atoms with Crippen molar-refractivity contribution >= 4 is 16.9 Å². The third-order valence-corrected chi connectivity index (χ3v) is 5.28. The van der Waals surface area contributed by atoms with Crippen LogP contribution in [0.2, 0.25) is 0 Å². The summed E-state index contributed by atoms with van der Waals surface area (Å²) in [5.41, 5.74) is 3.23. The van der Waals surface area contributed by atoms with Crippen LogP contribution in [0.25, 0.3) is 11.0 Å². The Balaban J connectivity index is 1.65. The number of aryl methyl sites for hydroxylation is 2. The van der Waals surface area contributed by atoms with Crippen LogP contribution < -0.4 is 0 Å². The van der Waals surface area contributed by atoms with Gasteiger partial charge in [0.15, 0.2) is 5.65 Å². The second-order valence-electron chi connectivity index (χ2n) is 7.29. The summed E-state index contributed by atoms with van der Waals surface area (Å²) in [4.78, 5) is 27.5. The number of carbonyl (C=O) groups excluding carboxylic acids is 1. The van der Waals surface area contributed by atoms with Gasteiger partial charge in [-0.25, -0.2) is 15.0 Å². The van der Waals surface area contributed by atoms with Gasteiger partial charge in [0.2, 0.25) is 0 Å². The smallest absolute Gasteiger partial charge is 0.257 e. The molecule has 1 atom stereocenters. The number of fused-ring (bicyclic) bond motifs is 1. The topological polar surface area (TPSA) is 76.8 Å². The van der Waals surface area contributed by atoms with E-state index in [1.807, 2.05) is 23.6 Å². The normalized spacial score (nSPS) is 20.5. The first-order valence-electron chi connectivity index (χ1n) is 8.83. The van der Waals surface area contributed by atoms with E-state index in [9.17, 15) is 4.79 Å². The number of hydrogen-bond donors (Lipinski definition) is 0. The molecule has 0 radical (unpaired) electrons. The van der Waals surface area contributed by atoms with E-state index in [0.29, 0.717) is 12.1 Å². The van der Waals surface area contributed by atoms with E-state index < -0.39 is 0 Å². The molecule has 1 saturated heterocycles. The Bertz CT molecular complexity index is 967. The summed E-state index contributed by atoms with van der Waals surface area (Å²) >= 11 is 0. The molecule has 1 amide bonds. The summed E-state index contributed by atoms with van der Waals surface area (Å²) < 4.78 is 1.82. The highest BCUT2D eigenvalue weighted by Gasteiger charge is 2.36. The lowest BCUT2D eigenvalue weighted by molar-refractivity contribution is 0.0647. The molecule has 0 unspecified atom stereocenters. The van der Waals surface area contributed by atoms with E-state index in [0.717, 1.165) is 41.8 Å². The average molecular weight is 350 g/mol. The SMILES string of the molecule is Cc1nn(C)c2nc([C@]3(C)CCCN(C(=O)c4cncnc4)C3)ccc12. The summed E-state index contributed by atoms with van der Waals surface area (Å²) in [7, 11) is 1.92. The number of rotatable bonds is 2. The van der Waals surface area contributed by atoms with E-state index in [1.54, 1.807) is 12.4 Å². The molecule has 1 fully saturated rings. The van der Waals surface area contributed by atoms with E-state index in [4.69, 9.17) is 4.98 Å². The number of amides is 1. The quantitative estimate of drug-likeness (QED) is 0.708. The molecule has 7 heteroatoms. The molecule has 0 spiro atoms. The highest BCUT2D eigenvalue weighted by Crippen LogP contribution is 2.34. The van der Waals surface area contributed by atoms with Crippen LogP contribution >= 0.6 is 0 Å². The van der Waals surface area contributed by atoms with Crippen molar-refractivity contribution in [3.05, 3.63) is 47.8 Å². The third-order valence-electron chi connectivity index (χ3n) is 5.28. The summed E-state index contributed by atoms with van der Waals surface area (Å²) in [6.45, 7) is 5.56.